The normalized spacial score (nSPS) is 12.6. The van der Waals surface area contributed by atoms with Crippen LogP contribution >= 0.6 is 22.9 Å². The van der Waals surface area contributed by atoms with Gasteiger partial charge in [0.15, 0.2) is 0 Å². The summed E-state index contributed by atoms with van der Waals surface area (Å²) in [6.45, 7) is 7.53. The molecule has 0 bridgehead atoms. The fourth-order valence-corrected chi connectivity index (χ4v) is 3.56. The van der Waals surface area contributed by atoms with E-state index in [-0.39, 0.29) is 0 Å². The quantitative estimate of drug-likeness (QED) is 0.832. The monoisotopic (exact) mass is 308 g/mol. The third kappa shape index (κ3) is 4.05. The first-order valence-corrected chi connectivity index (χ1v) is 8.23. The number of aromatic nitrogens is 1. The van der Waals surface area contributed by atoms with Crippen LogP contribution < -0.4 is 5.32 Å². The van der Waals surface area contributed by atoms with Gasteiger partial charge in [0.1, 0.15) is 0 Å². The number of benzene rings is 1. The fourth-order valence-electron chi connectivity index (χ4n) is 2.22. The van der Waals surface area contributed by atoms with E-state index in [1.165, 1.54) is 10.4 Å². The van der Waals surface area contributed by atoms with Gasteiger partial charge in [0.25, 0.3) is 0 Å². The molecule has 1 unspecified atom stereocenters. The summed E-state index contributed by atoms with van der Waals surface area (Å²) >= 11 is 7.83. The molecule has 2 rings (SSSR count). The average Bonchev–Trinajstić information content (AvgIpc) is 2.77. The topological polar surface area (TPSA) is 24.9 Å². The maximum absolute atomic E-state index is 6.03. The first kappa shape index (κ1) is 15.5. The number of hydrogen-bond donors (Lipinski definition) is 1. The van der Waals surface area contributed by atoms with Crippen LogP contribution in [0.4, 0.5) is 0 Å². The van der Waals surface area contributed by atoms with E-state index in [0.29, 0.717) is 6.04 Å². The molecule has 1 atom stereocenters. The van der Waals surface area contributed by atoms with Crippen LogP contribution in [0, 0.1) is 6.92 Å². The third-order valence-corrected chi connectivity index (χ3v) is 4.79. The summed E-state index contributed by atoms with van der Waals surface area (Å²) in [6.07, 6.45) is 2.00. The highest BCUT2D eigenvalue weighted by molar-refractivity contribution is 7.11. The molecule has 0 aliphatic heterocycles. The molecule has 0 saturated carbocycles. The Hall–Kier alpha value is -0.900. The van der Waals surface area contributed by atoms with Gasteiger partial charge in [-0.05, 0) is 44.5 Å². The van der Waals surface area contributed by atoms with Crippen LogP contribution in [0.25, 0.3) is 0 Å². The molecule has 1 N–H and O–H groups in total. The van der Waals surface area contributed by atoms with Crippen molar-refractivity contribution >= 4 is 22.9 Å². The predicted molar refractivity (Wildman–Crippen MR) is 87.8 cm³/mol. The van der Waals surface area contributed by atoms with Crippen molar-refractivity contribution in [2.24, 2.45) is 0 Å². The molecule has 0 saturated heterocycles. The molecule has 4 heteroatoms. The number of nitrogens with one attached hydrogen (secondary N) is 1. The summed E-state index contributed by atoms with van der Waals surface area (Å²) in [6, 6.07) is 8.38. The fraction of sp³-hybridized carbons (Fsp3) is 0.438. The average molecular weight is 309 g/mol. The molecule has 2 aromatic rings. The summed E-state index contributed by atoms with van der Waals surface area (Å²) in [5.41, 5.74) is 2.36. The first-order chi connectivity index (χ1) is 9.60. The Labute approximate surface area is 130 Å². The van der Waals surface area contributed by atoms with Crippen LogP contribution in [0.1, 0.15) is 47.5 Å². The van der Waals surface area contributed by atoms with Gasteiger partial charge >= 0.3 is 0 Å². The smallest absolute Gasteiger partial charge is 0.0975 e. The van der Waals surface area contributed by atoms with Crippen LogP contribution in [-0.4, -0.2) is 11.5 Å². The second-order valence-electron chi connectivity index (χ2n) is 5.04. The van der Waals surface area contributed by atoms with E-state index < -0.39 is 0 Å². The molecule has 0 radical (unpaired) electrons. The summed E-state index contributed by atoms with van der Waals surface area (Å²) in [5.74, 6) is 0. The first-order valence-electron chi connectivity index (χ1n) is 7.04. The molecule has 2 nitrogen and oxygen atoms in total. The Bertz CT molecular complexity index is 565. The van der Waals surface area contributed by atoms with Crippen molar-refractivity contribution in [3.63, 3.8) is 0 Å². The molecule has 1 heterocycles. The molecule has 1 aromatic heterocycles. The van der Waals surface area contributed by atoms with E-state index in [9.17, 15) is 0 Å². The molecule has 1 aromatic carbocycles. The SMILES string of the molecule is CCCNC(C)c1sc(Cc2cccc(Cl)c2)nc1C. The predicted octanol–water partition coefficient (Wildman–Crippen LogP) is 4.76. The van der Waals surface area contributed by atoms with E-state index in [1.54, 1.807) is 11.3 Å². The number of halogens is 1. The molecule has 0 fully saturated rings. The Morgan fingerprint density at radius 1 is 1.40 bits per heavy atom. The Morgan fingerprint density at radius 2 is 2.20 bits per heavy atom. The zero-order valence-electron chi connectivity index (χ0n) is 12.2. The van der Waals surface area contributed by atoms with E-state index >= 15 is 0 Å². The molecule has 0 spiro atoms. The van der Waals surface area contributed by atoms with E-state index in [0.717, 1.165) is 35.1 Å². The van der Waals surface area contributed by atoms with Crippen molar-refractivity contribution in [3.05, 3.63) is 50.4 Å². The van der Waals surface area contributed by atoms with Gasteiger partial charge in [-0.1, -0.05) is 30.7 Å². The third-order valence-electron chi connectivity index (χ3n) is 3.21. The second kappa shape index (κ2) is 7.21. The Kier molecular flexibility index (Phi) is 5.58. The van der Waals surface area contributed by atoms with Crippen molar-refractivity contribution < 1.29 is 0 Å². The number of thiazole rings is 1. The summed E-state index contributed by atoms with van der Waals surface area (Å²) in [7, 11) is 0. The van der Waals surface area contributed by atoms with Crippen LogP contribution in [0.15, 0.2) is 24.3 Å². The molecule has 20 heavy (non-hydrogen) atoms. The largest absolute Gasteiger partial charge is 0.309 e. The van der Waals surface area contributed by atoms with Crippen molar-refractivity contribution in [1.29, 1.82) is 0 Å². The minimum Gasteiger partial charge on any atom is -0.309 e. The Morgan fingerprint density at radius 3 is 2.90 bits per heavy atom. The molecule has 0 aliphatic carbocycles. The van der Waals surface area contributed by atoms with Gasteiger partial charge in [-0.3, -0.25) is 0 Å². The summed E-state index contributed by atoms with van der Waals surface area (Å²) in [4.78, 5) is 6.04. The van der Waals surface area contributed by atoms with Gasteiger partial charge in [0.2, 0.25) is 0 Å². The summed E-state index contributed by atoms with van der Waals surface area (Å²) in [5, 5.41) is 5.47. The van der Waals surface area contributed by atoms with Gasteiger partial charge in [-0.15, -0.1) is 11.3 Å². The highest BCUT2D eigenvalue weighted by Gasteiger charge is 2.13. The van der Waals surface area contributed by atoms with Crippen LogP contribution in [0.3, 0.4) is 0 Å². The Balaban J connectivity index is 2.10. The van der Waals surface area contributed by atoms with Crippen LogP contribution in [0.2, 0.25) is 5.02 Å². The number of rotatable bonds is 6. The van der Waals surface area contributed by atoms with E-state index in [1.807, 2.05) is 18.2 Å². The van der Waals surface area contributed by atoms with E-state index in [4.69, 9.17) is 16.6 Å². The van der Waals surface area contributed by atoms with Gasteiger partial charge in [-0.2, -0.15) is 0 Å². The van der Waals surface area contributed by atoms with Crippen molar-refractivity contribution in [1.82, 2.24) is 10.3 Å². The minimum atomic E-state index is 0.376. The molecule has 108 valence electrons. The van der Waals surface area contributed by atoms with Gasteiger partial charge in [0.05, 0.1) is 10.7 Å². The number of nitrogens with zero attached hydrogens (tertiary/aromatic N) is 1. The minimum absolute atomic E-state index is 0.376. The van der Waals surface area contributed by atoms with Gasteiger partial charge in [0, 0.05) is 22.4 Å². The van der Waals surface area contributed by atoms with E-state index in [2.05, 4.69) is 32.2 Å². The van der Waals surface area contributed by atoms with Crippen molar-refractivity contribution in [3.8, 4) is 0 Å². The van der Waals surface area contributed by atoms with Crippen LogP contribution in [-0.2, 0) is 6.42 Å². The lowest BCUT2D eigenvalue weighted by molar-refractivity contribution is 0.575. The standard InChI is InChI=1S/C16H21ClN2S/c1-4-8-18-11(2)16-12(3)19-15(20-16)10-13-6-5-7-14(17)9-13/h5-7,9,11,18H,4,8,10H2,1-3H3. The second-order valence-corrected chi connectivity index (χ2v) is 6.59. The lowest BCUT2D eigenvalue weighted by atomic mass is 10.2. The van der Waals surface area contributed by atoms with Crippen molar-refractivity contribution in [2.75, 3.05) is 6.54 Å². The zero-order chi connectivity index (χ0) is 14.5. The lowest BCUT2D eigenvalue weighted by Crippen LogP contribution is -2.18. The van der Waals surface area contributed by atoms with Crippen LogP contribution in [0.5, 0.6) is 0 Å². The summed E-state index contributed by atoms with van der Waals surface area (Å²) < 4.78 is 0. The lowest BCUT2D eigenvalue weighted by Gasteiger charge is -2.11. The zero-order valence-corrected chi connectivity index (χ0v) is 13.8. The number of hydrogen-bond acceptors (Lipinski definition) is 3. The van der Waals surface area contributed by atoms with Gasteiger partial charge in [-0.25, -0.2) is 4.98 Å². The maximum Gasteiger partial charge on any atom is 0.0975 e. The molecular formula is C16H21ClN2S. The highest BCUT2D eigenvalue weighted by atomic mass is 35.5. The molecule has 0 amide bonds. The maximum atomic E-state index is 6.03. The molecule has 0 aliphatic rings. The van der Waals surface area contributed by atoms with Crippen molar-refractivity contribution in [2.45, 2.75) is 39.7 Å². The van der Waals surface area contributed by atoms with Gasteiger partial charge < -0.3 is 5.32 Å². The molecular weight excluding hydrogens is 288 g/mol. The number of aryl methyl sites for hydroxylation is 1. The highest BCUT2D eigenvalue weighted by Crippen LogP contribution is 2.27.